The zero-order valence-electron chi connectivity index (χ0n) is 12.9. The molecule has 1 amide bonds. The second-order valence-electron chi connectivity index (χ2n) is 5.06. The molecule has 0 saturated heterocycles. The summed E-state index contributed by atoms with van der Waals surface area (Å²) in [5.41, 5.74) is 1.08. The summed E-state index contributed by atoms with van der Waals surface area (Å²) in [5.74, 6) is -0.129. The molecule has 0 radical (unpaired) electrons. The van der Waals surface area contributed by atoms with Gasteiger partial charge in [0.25, 0.3) is 0 Å². The molecule has 0 bridgehead atoms. The third kappa shape index (κ3) is 4.98. The summed E-state index contributed by atoms with van der Waals surface area (Å²) >= 11 is 7.11. The number of ether oxygens (including phenoxy) is 1. The quantitative estimate of drug-likeness (QED) is 0.702. The summed E-state index contributed by atoms with van der Waals surface area (Å²) in [6.45, 7) is 0.311. The number of hydrogen-bond donors (Lipinski definition) is 1. The fraction of sp³-hybridized carbons (Fsp3) is 0.118. The number of aromatic nitrogens is 2. The molecular formula is C17H13ClFN3O2S. The van der Waals surface area contributed by atoms with Crippen molar-refractivity contribution in [3.63, 3.8) is 0 Å². The highest BCUT2D eigenvalue weighted by atomic mass is 35.5. The topological polar surface area (TPSA) is 64.1 Å². The van der Waals surface area contributed by atoms with Crippen molar-refractivity contribution in [3.05, 3.63) is 69.6 Å². The van der Waals surface area contributed by atoms with Gasteiger partial charge in [0.2, 0.25) is 5.91 Å². The van der Waals surface area contributed by atoms with Gasteiger partial charge in [0.15, 0.2) is 0 Å². The van der Waals surface area contributed by atoms with Crippen LogP contribution in [0.3, 0.4) is 0 Å². The molecule has 25 heavy (non-hydrogen) atoms. The Balaban J connectivity index is 1.53. The van der Waals surface area contributed by atoms with Crippen LogP contribution in [0.5, 0.6) is 5.75 Å². The number of pyridine rings is 1. The van der Waals surface area contributed by atoms with Crippen LogP contribution < -0.4 is 10.1 Å². The number of carbonyl (C=O) groups is 1. The number of anilines is 1. The number of amides is 1. The lowest BCUT2D eigenvalue weighted by Crippen LogP contribution is -2.14. The van der Waals surface area contributed by atoms with E-state index < -0.39 is 5.82 Å². The minimum absolute atomic E-state index is 0.0405. The zero-order chi connectivity index (χ0) is 17.6. The molecule has 0 saturated carbocycles. The van der Waals surface area contributed by atoms with Crippen molar-refractivity contribution in [2.45, 2.75) is 13.0 Å². The average Bonchev–Trinajstić information content (AvgIpc) is 3.04. The minimum atomic E-state index is -0.530. The van der Waals surface area contributed by atoms with Gasteiger partial charge in [-0.25, -0.2) is 9.37 Å². The van der Waals surface area contributed by atoms with Crippen LogP contribution in [0, 0.1) is 5.82 Å². The van der Waals surface area contributed by atoms with Crippen LogP contribution in [0.25, 0.3) is 0 Å². The van der Waals surface area contributed by atoms with E-state index in [1.165, 1.54) is 29.5 Å². The Morgan fingerprint density at radius 1 is 1.36 bits per heavy atom. The Labute approximate surface area is 152 Å². The predicted molar refractivity (Wildman–Crippen MR) is 94.4 cm³/mol. The second-order valence-corrected chi connectivity index (χ2v) is 6.41. The molecule has 0 aliphatic carbocycles. The van der Waals surface area contributed by atoms with Gasteiger partial charge >= 0.3 is 0 Å². The molecule has 1 N–H and O–H groups in total. The molecule has 0 unspecified atom stereocenters. The highest BCUT2D eigenvalue weighted by Crippen LogP contribution is 2.20. The fourth-order valence-corrected chi connectivity index (χ4v) is 2.90. The predicted octanol–water partition coefficient (Wildman–Crippen LogP) is 4.09. The first-order valence-electron chi connectivity index (χ1n) is 7.31. The van der Waals surface area contributed by atoms with Crippen molar-refractivity contribution in [3.8, 4) is 5.75 Å². The maximum Gasteiger partial charge on any atom is 0.230 e. The highest BCUT2D eigenvalue weighted by molar-refractivity contribution is 7.09. The Bertz CT molecular complexity index is 873. The maximum absolute atomic E-state index is 13.1. The molecule has 3 rings (SSSR count). The Kier molecular flexibility index (Phi) is 5.57. The first kappa shape index (κ1) is 17.3. The number of halogens is 2. The molecule has 128 valence electrons. The van der Waals surface area contributed by atoms with E-state index in [2.05, 4.69) is 15.3 Å². The van der Waals surface area contributed by atoms with Crippen LogP contribution in [0.4, 0.5) is 10.1 Å². The van der Waals surface area contributed by atoms with Crippen molar-refractivity contribution in [1.82, 2.24) is 9.97 Å². The van der Waals surface area contributed by atoms with Crippen LogP contribution in [0.1, 0.15) is 10.7 Å². The van der Waals surface area contributed by atoms with E-state index in [9.17, 15) is 9.18 Å². The van der Waals surface area contributed by atoms with Gasteiger partial charge in [-0.05, 0) is 30.3 Å². The average molecular weight is 378 g/mol. The number of benzene rings is 1. The summed E-state index contributed by atoms with van der Waals surface area (Å²) in [6.07, 6.45) is 3.40. The van der Waals surface area contributed by atoms with Gasteiger partial charge in [0.05, 0.1) is 23.3 Å². The van der Waals surface area contributed by atoms with Gasteiger partial charge in [-0.1, -0.05) is 11.6 Å². The molecule has 0 fully saturated rings. The van der Waals surface area contributed by atoms with Crippen molar-refractivity contribution in [2.24, 2.45) is 0 Å². The molecule has 2 heterocycles. The van der Waals surface area contributed by atoms with Gasteiger partial charge in [-0.2, -0.15) is 0 Å². The standard InChI is InChI=1S/C17H13ClFN3O2S/c18-14-6-11(3-4-15(14)19)21-16(23)7-12-10-25-17(22-12)9-24-13-2-1-5-20-8-13/h1-6,8,10H,7,9H2,(H,21,23). The van der Waals surface area contributed by atoms with Crippen molar-refractivity contribution in [2.75, 3.05) is 5.32 Å². The lowest BCUT2D eigenvalue weighted by atomic mass is 10.2. The number of nitrogens with zero attached hydrogens (tertiary/aromatic N) is 2. The molecule has 5 nitrogen and oxygen atoms in total. The van der Waals surface area contributed by atoms with Gasteiger partial charge < -0.3 is 10.1 Å². The summed E-state index contributed by atoms with van der Waals surface area (Å²) in [6, 6.07) is 7.61. The smallest absolute Gasteiger partial charge is 0.230 e. The lowest BCUT2D eigenvalue weighted by Gasteiger charge is -2.05. The number of rotatable bonds is 6. The second kappa shape index (κ2) is 8.04. The minimum Gasteiger partial charge on any atom is -0.485 e. The lowest BCUT2D eigenvalue weighted by molar-refractivity contribution is -0.115. The van der Waals surface area contributed by atoms with Gasteiger partial charge in [-0.15, -0.1) is 11.3 Å². The first-order chi connectivity index (χ1) is 12.1. The van der Waals surface area contributed by atoms with Gasteiger partial charge in [0, 0.05) is 17.3 Å². The number of carbonyl (C=O) groups excluding carboxylic acids is 1. The summed E-state index contributed by atoms with van der Waals surface area (Å²) in [4.78, 5) is 20.4. The monoisotopic (exact) mass is 377 g/mol. The molecule has 8 heteroatoms. The van der Waals surface area contributed by atoms with Crippen LogP contribution in [-0.2, 0) is 17.8 Å². The summed E-state index contributed by atoms with van der Waals surface area (Å²) < 4.78 is 18.7. The van der Waals surface area contributed by atoms with Gasteiger partial charge in [-0.3, -0.25) is 9.78 Å². The van der Waals surface area contributed by atoms with Gasteiger partial charge in [0.1, 0.15) is 23.2 Å². The molecule has 1 aromatic carbocycles. The normalized spacial score (nSPS) is 10.5. The van der Waals surface area contributed by atoms with Crippen LogP contribution in [0.2, 0.25) is 5.02 Å². The number of hydrogen-bond acceptors (Lipinski definition) is 5. The zero-order valence-corrected chi connectivity index (χ0v) is 14.5. The van der Waals surface area contributed by atoms with Crippen molar-refractivity contribution in [1.29, 1.82) is 0 Å². The van der Waals surface area contributed by atoms with E-state index in [0.29, 0.717) is 23.7 Å². The van der Waals surface area contributed by atoms with E-state index in [1.54, 1.807) is 23.8 Å². The SMILES string of the molecule is O=C(Cc1csc(COc2cccnc2)n1)Nc1ccc(F)c(Cl)c1. The van der Waals surface area contributed by atoms with Crippen LogP contribution in [0.15, 0.2) is 48.1 Å². The van der Waals surface area contributed by atoms with E-state index in [0.717, 1.165) is 5.01 Å². The molecular weight excluding hydrogens is 365 g/mol. The molecule has 0 atom stereocenters. The highest BCUT2D eigenvalue weighted by Gasteiger charge is 2.10. The summed E-state index contributed by atoms with van der Waals surface area (Å²) in [7, 11) is 0. The summed E-state index contributed by atoms with van der Waals surface area (Å²) in [5, 5.41) is 5.19. The largest absolute Gasteiger partial charge is 0.485 e. The Morgan fingerprint density at radius 2 is 2.24 bits per heavy atom. The fourth-order valence-electron chi connectivity index (χ4n) is 2.02. The van der Waals surface area contributed by atoms with E-state index in [1.807, 2.05) is 6.07 Å². The molecule has 0 aliphatic heterocycles. The molecule has 0 aliphatic rings. The van der Waals surface area contributed by atoms with E-state index in [4.69, 9.17) is 16.3 Å². The maximum atomic E-state index is 13.1. The number of nitrogens with one attached hydrogen (secondary N) is 1. The Morgan fingerprint density at radius 3 is 3.00 bits per heavy atom. The van der Waals surface area contributed by atoms with E-state index >= 15 is 0 Å². The van der Waals surface area contributed by atoms with Crippen LogP contribution >= 0.6 is 22.9 Å². The van der Waals surface area contributed by atoms with Crippen molar-refractivity contribution >= 4 is 34.5 Å². The third-order valence-corrected chi connectivity index (χ3v) is 4.30. The third-order valence-electron chi connectivity index (χ3n) is 3.14. The van der Waals surface area contributed by atoms with Crippen molar-refractivity contribution < 1.29 is 13.9 Å². The Hall–Kier alpha value is -2.51. The molecule has 2 aromatic heterocycles. The van der Waals surface area contributed by atoms with E-state index in [-0.39, 0.29) is 17.4 Å². The first-order valence-corrected chi connectivity index (χ1v) is 8.57. The number of thiazole rings is 1. The molecule has 3 aromatic rings. The molecule has 0 spiro atoms. The van der Waals surface area contributed by atoms with Crippen LogP contribution in [-0.4, -0.2) is 15.9 Å².